The first kappa shape index (κ1) is 62.6. The molecule has 0 fully saturated rings. The summed E-state index contributed by atoms with van der Waals surface area (Å²) < 4.78 is 5.88. The number of amides is 1. The van der Waals surface area contributed by atoms with Crippen molar-refractivity contribution in [1.82, 2.24) is 5.32 Å². The number of ether oxygens (including phenoxy) is 1. The van der Waals surface area contributed by atoms with E-state index in [0.29, 0.717) is 19.3 Å². The lowest BCUT2D eigenvalue weighted by Crippen LogP contribution is -2.46. The highest BCUT2D eigenvalue weighted by Gasteiger charge is 2.23. The lowest BCUT2D eigenvalue weighted by Gasteiger charge is -2.24. The molecule has 1 amide bonds. The van der Waals surface area contributed by atoms with Gasteiger partial charge in [0.05, 0.1) is 25.2 Å². The lowest BCUT2D eigenvalue weighted by molar-refractivity contribution is -0.150. The van der Waals surface area contributed by atoms with E-state index in [1.165, 1.54) is 161 Å². The van der Waals surface area contributed by atoms with Crippen molar-refractivity contribution >= 4 is 11.9 Å². The van der Waals surface area contributed by atoms with Crippen LogP contribution in [0.4, 0.5) is 0 Å². The van der Waals surface area contributed by atoms with Gasteiger partial charge in [-0.15, -0.1) is 0 Å². The molecular formula is C59H107NO5. The monoisotopic (exact) mass is 910 g/mol. The minimum absolute atomic E-state index is 0.00113. The molecule has 0 aliphatic rings. The van der Waals surface area contributed by atoms with Crippen LogP contribution in [0.25, 0.3) is 0 Å². The maximum Gasteiger partial charge on any atom is 0.306 e. The molecule has 0 rings (SSSR count). The van der Waals surface area contributed by atoms with Crippen LogP contribution in [-0.2, 0) is 14.3 Å². The highest BCUT2D eigenvalue weighted by atomic mass is 16.5. The Morgan fingerprint density at radius 1 is 0.462 bits per heavy atom. The summed E-state index contributed by atoms with van der Waals surface area (Å²) in [5, 5.41) is 23.8. The van der Waals surface area contributed by atoms with Crippen LogP contribution in [-0.4, -0.2) is 46.9 Å². The fraction of sp³-hybridized carbons (Fsp3) is 0.797. The van der Waals surface area contributed by atoms with Crippen molar-refractivity contribution in [3.8, 4) is 0 Å². The van der Waals surface area contributed by atoms with Gasteiger partial charge < -0.3 is 20.3 Å². The van der Waals surface area contributed by atoms with Gasteiger partial charge in [-0.1, -0.05) is 274 Å². The van der Waals surface area contributed by atoms with Crippen LogP contribution in [0.3, 0.4) is 0 Å². The van der Waals surface area contributed by atoms with Crippen LogP contribution in [0.15, 0.2) is 60.8 Å². The minimum Gasteiger partial charge on any atom is -0.461 e. The first-order valence-corrected chi connectivity index (χ1v) is 28.0. The SMILES string of the molecule is CC/C=C\C/C=C\C/C=C\C/C=C\C/C=C\CC(CC(=O)NC(CO)C(O)CCCCCCCCCCCCCCCCCCC)OC(=O)CCCCCCCCCCCCCCCC. The van der Waals surface area contributed by atoms with Crippen LogP contribution in [0.1, 0.15) is 278 Å². The van der Waals surface area contributed by atoms with E-state index < -0.39 is 18.2 Å². The van der Waals surface area contributed by atoms with Gasteiger partial charge in [-0.25, -0.2) is 0 Å². The van der Waals surface area contributed by atoms with Gasteiger partial charge in [0, 0.05) is 12.8 Å². The number of nitrogens with one attached hydrogen (secondary N) is 1. The standard InChI is InChI=1S/C59H107NO5/c1-4-7-10-13-16-19-22-25-28-29-31-33-36-39-42-45-48-51-57(62)56(54-61)60-58(63)53-55(50-47-44-41-38-35-32-30-26-23-20-17-14-11-8-5-2)65-59(64)52-49-46-43-40-37-34-27-24-21-18-15-12-9-6-3/h8,11,17,20,26,30,35,38,44,47,55-57,61-62H,4-7,9-10,12-16,18-19,21-25,27-29,31-34,36-37,39-43,45-46,48-54H2,1-3H3,(H,60,63)/b11-8-,20-17-,30-26-,38-35-,47-44-. The maximum atomic E-state index is 13.2. The second-order valence-corrected chi connectivity index (χ2v) is 19.0. The van der Waals surface area contributed by atoms with Crippen molar-refractivity contribution in [3.05, 3.63) is 60.8 Å². The largest absolute Gasteiger partial charge is 0.461 e. The maximum absolute atomic E-state index is 13.2. The van der Waals surface area contributed by atoms with Gasteiger partial charge >= 0.3 is 5.97 Å². The predicted molar refractivity (Wildman–Crippen MR) is 282 cm³/mol. The second kappa shape index (κ2) is 52.5. The number of hydrogen-bond donors (Lipinski definition) is 3. The Morgan fingerprint density at radius 2 is 0.800 bits per heavy atom. The van der Waals surface area contributed by atoms with Crippen molar-refractivity contribution < 1.29 is 24.5 Å². The molecule has 0 aromatic carbocycles. The van der Waals surface area contributed by atoms with Gasteiger partial charge in [-0.3, -0.25) is 9.59 Å². The van der Waals surface area contributed by atoms with Gasteiger partial charge in [0.2, 0.25) is 5.91 Å². The zero-order chi connectivity index (χ0) is 47.4. The van der Waals surface area contributed by atoms with E-state index in [-0.39, 0.29) is 24.9 Å². The average Bonchev–Trinajstić information content (AvgIpc) is 3.30. The molecule has 0 spiro atoms. The van der Waals surface area contributed by atoms with Crippen LogP contribution in [0, 0.1) is 0 Å². The Bertz CT molecular complexity index is 1160. The van der Waals surface area contributed by atoms with E-state index in [1.54, 1.807) is 0 Å². The van der Waals surface area contributed by atoms with Crippen LogP contribution < -0.4 is 5.32 Å². The summed E-state index contributed by atoms with van der Waals surface area (Å²) in [4.78, 5) is 26.2. The number of carbonyl (C=O) groups is 2. The number of rotatable bonds is 50. The molecule has 0 bridgehead atoms. The Morgan fingerprint density at radius 3 is 1.17 bits per heavy atom. The van der Waals surface area contributed by atoms with Gasteiger partial charge in [-0.05, 0) is 44.9 Å². The predicted octanol–water partition coefficient (Wildman–Crippen LogP) is 17.2. The number of esters is 1. The van der Waals surface area contributed by atoms with Crippen molar-refractivity contribution in [3.63, 3.8) is 0 Å². The van der Waals surface area contributed by atoms with E-state index in [4.69, 9.17) is 4.74 Å². The molecule has 3 N–H and O–H groups in total. The van der Waals surface area contributed by atoms with Crippen LogP contribution >= 0.6 is 0 Å². The average molecular weight is 911 g/mol. The van der Waals surface area contributed by atoms with Gasteiger partial charge in [0.1, 0.15) is 6.10 Å². The molecule has 65 heavy (non-hydrogen) atoms. The number of allylic oxidation sites excluding steroid dienone is 9. The van der Waals surface area contributed by atoms with Gasteiger partial charge in [-0.2, -0.15) is 0 Å². The Kier molecular flexibility index (Phi) is 50.6. The zero-order valence-corrected chi connectivity index (χ0v) is 43.1. The van der Waals surface area contributed by atoms with E-state index >= 15 is 0 Å². The topological polar surface area (TPSA) is 95.9 Å². The molecule has 0 aliphatic heterocycles. The summed E-state index contributed by atoms with van der Waals surface area (Å²) in [6, 6.07) is -0.732. The number of aliphatic hydroxyl groups is 2. The molecule has 0 aliphatic carbocycles. The summed E-state index contributed by atoms with van der Waals surface area (Å²) in [6.07, 6.45) is 65.9. The third-order valence-electron chi connectivity index (χ3n) is 12.6. The lowest BCUT2D eigenvalue weighted by atomic mass is 10.0. The third-order valence-corrected chi connectivity index (χ3v) is 12.6. The summed E-state index contributed by atoms with van der Waals surface area (Å²) in [7, 11) is 0. The molecule has 0 saturated heterocycles. The quantitative estimate of drug-likeness (QED) is 0.0321. The van der Waals surface area contributed by atoms with E-state index in [0.717, 1.165) is 70.6 Å². The molecule has 3 unspecified atom stereocenters. The molecule has 0 aromatic rings. The highest BCUT2D eigenvalue weighted by molar-refractivity contribution is 5.77. The molecular weight excluding hydrogens is 803 g/mol. The number of unbranched alkanes of at least 4 members (excludes halogenated alkanes) is 29. The smallest absolute Gasteiger partial charge is 0.306 e. The first-order chi connectivity index (χ1) is 32.0. The van der Waals surface area contributed by atoms with E-state index in [2.05, 4.69) is 80.8 Å². The fourth-order valence-electron chi connectivity index (χ4n) is 8.40. The Hall–Kier alpha value is -2.44. The van der Waals surface area contributed by atoms with Crippen molar-refractivity contribution in [1.29, 1.82) is 0 Å². The third kappa shape index (κ3) is 47.8. The Balaban J connectivity index is 4.63. The van der Waals surface area contributed by atoms with Crippen LogP contribution in [0.2, 0.25) is 0 Å². The highest BCUT2D eigenvalue weighted by Crippen LogP contribution is 2.17. The summed E-state index contributed by atoms with van der Waals surface area (Å²) in [5.41, 5.74) is 0. The number of carbonyl (C=O) groups excluding carboxylic acids is 2. The molecule has 0 radical (unpaired) electrons. The normalized spacial score (nSPS) is 13.6. The summed E-state index contributed by atoms with van der Waals surface area (Å²) in [5.74, 6) is -0.571. The van der Waals surface area contributed by atoms with Crippen molar-refractivity contribution in [2.24, 2.45) is 0 Å². The number of aliphatic hydroxyl groups excluding tert-OH is 2. The zero-order valence-electron chi connectivity index (χ0n) is 43.1. The first-order valence-electron chi connectivity index (χ1n) is 28.0. The summed E-state index contributed by atoms with van der Waals surface area (Å²) >= 11 is 0. The molecule has 3 atom stereocenters. The van der Waals surface area contributed by atoms with Crippen molar-refractivity contribution in [2.45, 2.75) is 296 Å². The molecule has 0 aromatic heterocycles. The minimum atomic E-state index is -0.812. The Labute approximate surface area is 403 Å². The van der Waals surface area contributed by atoms with Crippen molar-refractivity contribution in [2.75, 3.05) is 6.61 Å². The number of hydrogen-bond acceptors (Lipinski definition) is 5. The fourth-order valence-corrected chi connectivity index (χ4v) is 8.40. The molecule has 0 heterocycles. The van der Waals surface area contributed by atoms with E-state index in [1.807, 2.05) is 6.08 Å². The van der Waals surface area contributed by atoms with Crippen LogP contribution in [0.5, 0.6) is 0 Å². The molecule has 6 heteroatoms. The van der Waals surface area contributed by atoms with Gasteiger partial charge in [0.15, 0.2) is 0 Å². The molecule has 0 saturated carbocycles. The summed E-state index contributed by atoms with van der Waals surface area (Å²) in [6.45, 7) is 6.37. The molecule has 378 valence electrons. The molecule has 6 nitrogen and oxygen atoms in total. The van der Waals surface area contributed by atoms with E-state index in [9.17, 15) is 19.8 Å². The van der Waals surface area contributed by atoms with Gasteiger partial charge in [0.25, 0.3) is 0 Å². The second-order valence-electron chi connectivity index (χ2n) is 19.0.